The van der Waals surface area contributed by atoms with Gasteiger partial charge in [-0.15, -0.1) is 11.3 Å². The largest absolute Gasteiger partial charge is 0.350 e. The minimum absolute atomic E-state index is 0.184. The molecule has 0 spiro atoms. The van der Waals surface area contributed by atoms with Crippen LogP contribution in [0.15, 0.2) is 59.6 Å². The summed E-state index contributed by atoms with van der Waals surface area (Å²) < 4.78 is 0. The van der Waals surface area contributed by atoms with Gasteiger partial charge in [-0.3, -0.25) is 9.59 Å². The number of rotatable bonds is 4. The highest BCUT2D eigenvalue weighted by atomic mass is 35.5. The molecule has 29 heavy (non-hydrogen) atoms. The van der Waals surface area contributed by atoms with Gasteiger partial charge in [-0.25, -0.2) is 4.90 Å². The Hall–Kier alpha value is -2.31. The molecule has 0 fully saturated rings. The van der Waals surface area contributed by atoms with E-state index in [-0.39, 0.29) is 10.7 Å². The fraction of sp³-hybridized carbons (Fsp3) is 0.0476. The van der Waals surface area contributed by atoms with E-state index in [1.165, 1.54) is 17.4 Å². The van der Waals surface area contributed by atoms with Crippen LogP contribution in [-0.4, -0.2) is 11.8 Å². The highest BCUT2D eigenvalue weighted by Crippen LogP contribution is 2.37. The van der Waals surface area contributed by atoms with Gasteiger partial charge < -0.3 is 5.32 Å². The second kappa shape index (κ2) is 7.84. The predicted octanol–water partition coefficient (Wildman–Crippen LogP) is 6.41. The number of nitrogens with zero attached hydrogens (tertiary/aromatic N) is 1. The average Bonchev–Trinajstić information content (AvgIpc) is 3.28. The molecule has 4 rings (SSSR count). The van der Waals surface area contributed by atoms with Crippen LogP contribution in [0.5, 0.6) is 0 Å². The van der Waals surface area contributed by atoms with Gasteiger partial charge in [0, 0.05) is 15.6 Å². The number of benzene rings is 2. The van der Waals surface area contributed by atoms with Crippen molar-refractivity contribution in [2.45, 2.75) is 6.92 Å². The lowest BCUT2D eigenvalue weighted by Gasteiger charge is -2.16. The van der Waals surface area contributed by atoms with Gasteiger partial charge in [0.05, 0.1) is 21.3 Å². The second-order valence-electron chi connectivity index (χ2n) is 6.36. The molecule has 4 nitrogen and oxygen atoms in total. The maximum absolute atomic E-state index is 13.3. The highest BCUT2D eigenvalue weighted by Gasteiger charge is 2.40. The molecule has 146 valence electrons. The Morgan fingerprint density at radius 1 is 0.897 bits per heavy atom. The monoisotopic (exact) mass is 462 g/mol. The molecular formula is C21H13Cl3N2O2S. The van der Waals surface area contributed by atoms with Gasteiger partial charge >= 0.3 is 0 Å². The van der Waals surface area contributed by atoms with Gasteiger partial charge in [0.2, 0.25) is 0 Å². The summed E-state index contributed by atoms with van der Waals surface area (Å²) in [7, 11) is 0. The Morgan fingerprint density at radius 2 is 1.69 bits per heavy atom. The molecule has 0 aliphatic carbocycles. The van der Waals surface area contributed by atoms with Crippen molar-refractivity contribution in [1.82, 2.24) is 0 Å². The summed E-state index contributed by atoms with van der Waals surface area (Å²) in [6, 6.07) is 13.6. The van der Waals surface area contributed by atoms with E-state index in [1.54, 1.807) is 30.3 Å². The summed E-state index contributed by atoms with van der Waals surface area (Å²) in [5, 5.41) is 6.09. The van der Waals surface area contributed by atoms with Gasteiger partial charge in [-0.2, -0.15) is 0 Å². The fourth-order valence-corrected chi connectivity index (χ4v) is 4.21. The summed E-state index contributed by atoms with van der Waals surface area (Å²) in [6.07, 6.45) is 0. The van der Waals surface area contributed by atoms with Crippen LogP contribution in [-0.2, 0) is 9.59 Å². The van der Waals surface area contributed by atoms with Gasteiger partial charge in [0.25, 0.3) is 11.8 Å². The molecule has 1 N–H and O–H groups in total. The molecule has 0 saturated heterocycles. The summed E-state index contributed by atoms with van der Waals surface area (Å²) in [5.74, 6) is -0.912. The number of carbonyl (C=O) groups is 2. The van der Waals surface area contributed by atoms with Crippen LogP contribution < -0.4 is 10.2 Å². The molecule has 1 aliphatic rings. The smallest absolute Gasteiger partial charge is 0.282 e. The van der Waals surface area contributed by atoms with E-state index in [2.05, 4.69) is 5.32 Å². The van der Waals surface area contributed by atoms with Crippen LogP contribution in [0.3, 0.4) is 0 Å². The van der Waals surface area contributed by atoms with Crippen LogP contribution in [0.2, 0.25) is 15.1 Å². The number of carbonyl (C=O) groups excluding carboxylic acids is 2. The second-order valence-corrected chi connectivity index (χ2v) is 8.53. The molecule has 2 heterocycles. The van der Waals surface area contributed by atoms with Crippen molar-refractivity contribution in [2.24, 2.45) is 0 Å². The molecule has 0 bridgehead atoms. The van der Waals surface area contributed by atoms with Crippen LogP contribution >= 0.6 is 46.1 Å². The Labute approximate surface area is 186 Å². The third-order valence-electron chi connectivity index (χ3n) is 4.45. The average molecular weight is 464 g/mol. The van der Waals surface area contributed by atoms with E-state index in [9.17, 15) is 9.59 Å². The molecule has 8 heteroatoms. The van der Waals surface area contributed by atoms with Crippen LogP contribution in [0.25, 0.3) is 5.57 Å². The van der Waals surface area contributed by atoms with Crippen molar-refractivity contribution < 1.29 is 9.59 Å². The van der Waals surface area contributed by atoms with E-state index >= 15 is 0 Å². The van der Waals surface area contributed by atoms with E-state index in [0.29, 0.717) is 31.9 Å². The lowest BCUT2D eigenvalue weighted by molar-refractivity contribution is -0.120. The lowest BCUT2D eigenvalue weighted by Crippen LogP contribution is -2.32. The molecule has 0 saturated carbocycles. The normalized spacial score (nSPS) is 14.1. The number of amides is 2. The van der Waals surface area contributed by atoms with Crippen LogP contribution in [0.4, 0.5) is 11.4 Å². The van der Waals surface area contributed by atoms with Gasteiger partial charge in [-0.05, 0) is 54.3 Å². The number of halogens is 3. The maximum atomic E-state index is 13.3. The number of hydrogen-bond donors (Lipinski definition) is 1. The first-order valence-corrected chi connectivity index (χ1v) is 10.5. The minimum atomic E-state index is -0.478. The first-order chi connectivity index (χ1) is 13.9. The first kappa shape index (κ1) is 20.0. The SMILES string of the molecule is Cc1ccc(NC2=C(c3cccs3)C(=O)N(c3ccc(Cl)c(Cl)c3)C2=O)cc1Cl. The summed E-state index contributed by atoms with van der Waals surface area (Å²) >= 11 is 19.7. The van der Waals surface area contributed by atoms with Gasteiger partial charge in [0.1, 0.15) is 5.70 Å². The minimum Gasteiger partial charge on any atom is -0.350 e. The Bertz CT molecular complexity index is 1170. The van der Waals surface area contributed by atoms with Crippen LogP contribution in [0, 0.1) is 6.92 Å². The number of anilines is 2. The Balaban J connectivity index is 1.80. The summed E-state index contributed by atoms with van der Waals surface area (Å²) in [5.41, 5.74) is 2.36. The Kier molecular flexibility index (Phi) is 5.40. The van der Waals surface area contributed by atoms with Crippen LogP contribution in [0.1, 0.15) is 10.4 Å². The number of imide groups is 1. The van der Waals surface area contributed by atoms with Crippen molar-refractivity contribution in [3.8, 4) is 0 Å². The van der Waals surface area contributed by atoms with Crippen molar-refractivity contribution in [2.75, 3.05) is 10.2 Å². The van der Waals surface area contributed by atoms with Gasteiger partial charge in [0.15, 0.2) is 0 Å². The summed E-state index contributed by atoms with van der Waals surface area (Å²) in [4.78, 5) is 28.3. The quantitative estimate of drug-likeness (QED) is 0.455. The van der Waals surface area contributed by atoms with E-state index in [1.807, 2.05) is 24.4 Å². The van der Waals surface area contributed by atoms with E-state index in [4.69, 9.17) is 34.8 Å². The molecule has 1 aromatic heterocycles. The zero-order valence-corrected chi connectivity index (χ0v) is 18.1. The topological polar surface area (TPSA) is 49.4 Å². The number of thiophene rings is 1. The lowest BCUT2D eigenvalue weighted by atomic mass is 10.1. The highest BCUT2D eigenvalue weighted by molar-refractivity contribution is 7.11. The molecule has 0 radical (unpaired) electrons. The molecule has 0 atom stereocenters. The van der Waals surface area contributed by atoms with E-state index in [0.717, 1.165) is 10.5 Å². The zero-order valence-electron chi connectivity index (χ0n) is 15.0. The van der Waals surface area contributed by atoms with E-state index < -0.39 is 11.8 Å². The molecule has 3 aromatic rings. The third-order valence-corrected chi connectivity index (χ3v) is 6.49. The number of hydrogen-bond acceptors (Lipinski definition) is 4. The number of nitrogens with one attached hydrogen (secondary N) is 1. The molecule has 2 amide bonds. The fourth-order valence-electron chi connectivity index (χ4n) is 2.97. The molecule has 0 unspecified atom stereocenters. The predicted molar refractivity (Wildman–Crippen MR) is 120 cm³/mol. The molecule has 1 aliphatic heterocycles. The van der Waals surface area contributed by atoms with Crippen molar-refractivity contribution in [1.29, 1.82) is 0 Å². The standard InChI is InChI=1S/C21H13Cl3N2O2S/c1-11-4-5-12(9-15(11)23)25-19-18(17-3-2-8-29-17)20(27)26(21(19)28)13-6-7-14(22)16(24)10-13/h2-10,25H,1H3. The maximum Gasteiger partial charge on any atom is 0.282 e. The first-order valence-electron chi connectivity index (χ1n) is 8.52. The third kappa shape index (κ3) is 3.67. The number of aryl methyl sites for hydroxylation is 1. The Morgan fingerprint density at radius 3 is 2.34 bits per heavy atom. The van der Waals surface area contributed by atoms with Crippen molar-refractivity contribution in [3.63, 3.8) is 0 Å². The van der Waals surface area contributed by atoms with Crippen molar-refractivity contribution >= 4 is 74.9 Å². The summed E-state index contributed by atoms with van der Waals surface area (Å²) in [6.45, 7) is 1.89. The zero-order chi connectivity index (χ0) is 20.7. The van der Waals surface area contributed by atoms with Crippen molar-refractivity contribution in [3.05, 3.63) is 85.1 Å². The molecule has 2 aromatic carbocycles. The molecular weight excluding hydrogens is 451 g/mol. The van der Waals surface area contributed by atoms with Gasteiger partial charge in [-0.1, -0.05) is 46.9 Å².